The molecule has 3 aromatic rings. The van der Waals surface area contributed by atoms with Crippen LogP contribution < -0.4 is 18.9 Å². The molecule has 0 aliphatic rings. The van der Waals surface area contributed by atoms with Crippen LogP contribution in [0.4, 0.5) is 0 Å². The standard InChI is InChI=1S/C33H40O6/c1-4-36-28-16-12-26(13-17-28)32(34)38-30-20-22-31(23-21-30)39-33(35)27-14-18-29(19-15-27)37-24-10-8-6-5-7-9-11-25(2)3/h12-23,25H,4-11,24H2,1-3H3. The number of unbranched alkanes of at least 4 members (excludes halogenated alkanes) is 5. The highest BCUT2D eigenvalue weighted by molar-refractivity contribution is 5.92. The van der Waals surface area contributed by atoms with Gasteiger partial charge in [-0.2, -0.15) is 0 Å². The van der Waals surface area contributed by atoms with Crippen molar-refractivity contribution in [1.29, 1.82) is 0 Å². The molecule has 0 saturated heterocycles. The highest BCUT2D eigenvalue weighted by Crippen LogP contribution is 2.21. The van der Waals surface area contributed by atoms with Crippen molar-refractivity contribution in [3.05, 3.63) is 83.9 Å². The Morgan fingerprint density at radius 1 is 0.564 bits per heavy atom. The maximum absolute atomic E-state index is 12.5. The topological polar surface area (TPSA) is 71.1 Å². The molecule has 0 aromatic heterocycles. The SMILES string of the molecule is CCOc1ccc(C(=O)Oc2ccc(OC(=O)c3ccc(OCCCCCCCCC(C)C)cc3)cc2)cc1. The molecule has 3 rings (SSSR count). The van der Waals surface area contributed by atoms with E-state index in [4.69, 9.17) is 18.9 Å². The van der Waals surface area contributed by atoms with Crippen molar-refractivity contribution >= 4 is 11.9 Å². The number of hydrogen-bond acceptors (Lipinski definition) is 6. The molecule has 0 fully saturated rings. The normalized spacial score (nSPS) is 10.8. The second-order valence-electron chi connectivity index (χ2n) is 9.88. The van der Waals surface area contributed by atoms with E-state index in [-0.39, 0.29) is 0 Å². The molecule has 0 aliphatic heterocycles. The number of carbonyl (C=O) groups is 2. The summed E-state index contributed by atoms with van der Waals surface area (Å²) in [6, 6.07) is 20.0. The van der Waals surface area contributed by atoms with E-state index in [1.807, 2.05) is 6.92 Å². The first kappa shape index (κ1) is 29.8. The number of carbonyl (C=O) groups excluding carboxylic acids is 2. The smallest absolute Gasteiger partial charge is 0.343 e. The fourth-order valence-corrected chi connectivity index (χ4v) is 4.00. The molecule has 0 heterocycles. The van der Waals surface area contributed by atoms with Crippen molar-refractivity contribution in [3.63, 3.8) is 0 Å². The van der Waals surface area contributed by atoms with Crippen molar-refractivity contribution in [2.45, 2.75) is 65.7 Å². The fraction of sp³-hybridized carbons (Fsp3) is 0.394. The van der Waals surface area contributed by atoms with Gasteiger partial charge in [-0.05, 0) is 92.1 Å². The van der Waals surface area contributed by atoms with Crippen LogP contribution in [0.5, 0.6) is 23.0 Å². The summed E-state index contributed by atoms with van der Waals surface area (Å²) in [7, 11) is 0. The molecule has 0 unspecified atom stereocenters. The van der Waals surface area contributed by atoms with Gasteiger partial charge in [-0.25, -0.2) is 9.59 Å². The lowest BCUT2D eigenvalue weighted by Gasteiger charge is -2.09. The molecular weight excluding hydrogens is 492 g/mol. The molecule has 0 saturated carbocycles. The zero-order valence-electron chi connectivity index (χ0n) is 23.3. The molecule has 6 nitrogen and oxygen atoms in total. The lowest BCUT2D eigenvalue weighted by molar-refractivity contribution is 0.0719. The van der Waals surface area contributed by atoms with Gasteiger partial charge in [-0.1, -0.05) is 52.4 Å². The number of ether oxygens (including phenoxy) is 4. The summed E-state index contributed by atoms with van der Waals surface area (Å²) in [5.41, 5.74) is 0.837. The third-order valence-corrected chi connectivity index (χ3v) is 6.18. The van der Waals surface area contributed by atoms with E-state index in [0.717, 1.165) is 18.1 Å². The van der Waals surface area contributed by atoms with Crippen LogP contribution in [0.25, 0.3) is 0 Å². The van der Waals surface area contributed by atoms with Crippen molar-refractivity contribution in [2.24, 2.45) is 5.92 Å². The maximum atomic E-state index is 12.5. The molecule has 0 spiro atoms. The molecule has 0 bridgehead atoms. The van der Waals surface area contributed by atoms with E-state index in [0.29, 0.717) is 41.6 Å². The van der Waals surface area contributed by atoms with Crippen LogP contribution >= 0.6 is 0 Å². The van der Waals surface area contributed by atoms with Crippen LogP contribution in [-0.2, 0) is 0 Å². The summed E-state index contributed by atoms with van der Waals surface area (Å²) in [6.45, 7) is 7.68. The minimum atomic E-state index is -0.484. The number of hydrogen-bond donors (Lipinski definition) is 0. The van der Waals surface area contributed by atoms with E-state index >= 15 is 0 Å². The average molecular weight is 533 g/mol. The molecule has 6 heteroatoms. The predicted octanol–water partition coefficient (Wildman–Crippen LogP) is 8.29. The molecule has 0 amide bonds. The first-order chi connectivity index (χ1) is 18.9. The number of esters is 2. The zero-order valence-corrected chi connectivity index (χ0v) is 23.3. The van der Waals surface area contributed by atoms with Gasteiger partial charge in [0.1, 0.15) is 23.0 Å². The van der Waals surface area contributed by atoms with Crippen LogP contribution in [0.2, 0.25) is 0 Å². The Morgan fingerprint density at radius 2 is 0.974 bits per heavy atom. The summed E-state index contributed by atoms with van der Waals surface area (Å²) in [5, 5.41) is 0. The largest absolute Gasteiger partial charge is 0.494 e. The van der Waals surface area contributed by atoms with Gasteiger partial charge in [0.15, 0.2) is 0 Å². The predicted molar refractivity (Wildman–Crippen MR) is 153 cm³/mol. The maximum Gasteiger partial charge on any atom is 0.343 e. The Hall–Kier alpha value is -3.80. The van der Waals surface area contributed by atoms with Crippen molar-refractivity contribution < 1.29 is 28.5 Å². The fourth-order valence-electron chi connectivity index (χ4n) is 4.00. The summed E-state index contributed by atoms with van der Waals surface area (Å²) >= 11 is 0. The van der Waals surface area contributed by atoms with Gasteiger partial charge in [0, 0.05) is 0 Å². The van der Waals surface area contributed by atoms with E-state index in [2.05, 4.69) is 13.8 Å². The molecule has 0 atom stereocenters. The van der Waals surface area contributed by atoms with E-state index in [1.165, 1.54) is 38.5 Å². The van der Waals surface area contributed by atoms with Gasteiger partial charge in [0.05, 0.1) is 24.3 Å². The van der Waals surface area contributed by atoms with Gasteiger partial charge in [-0.15, -0.1) is 0 Å². The third kappa shape index (κ3) is 10.8. The van der Waals surface area contributed by atoms with Crippen LogP contribution in [-0.4, -0.2) is 25.2 Å². The van der Waals surface area contributed by atoms with Crippen molar-refractivity contribution in [2.75, 3.05) is 13.2 Å². The molecule has 0 aliphatic carbocycles. The number of rotatable bonds is 16. The molecule has 39 heavy (non-hydrogen) atoms. The van der Waals surface area contributed by atoms with Gasteiger partial charge in [-0.3, -0.25) is 0 Å². The van der Waals surface area contributed by atoms with Crippen LogP contribution in [0, 0.1) is 5.92 Å². The Kier molecular flexibility index (Phi) is 12.4. The summed E-state index contributed by atoms with van der Waals surface area (Å²) in [6.07, 6.45) is 8.71. The Labute approximate surface area is 232 Å². The van der Waals surface area contributed by atoms with Gasteiger partial charge in [0.2, 0.25) is 0 Å². The van der Waals surface area contributed by atoms with Gasteiger partial charge >= 0.3 is 11.9 Å². The summed E-state index contributed by atoms with van der Waals surface area (Å²) in [4.78, 5) is 24.9. The monoisotopic (exact) mass is 532 g/mol. The van der Waals surface area contributed by atoms with Crippen molar-refractivity contribution in [1.82, 2.24) is 0 Å². The number of benzene rings is 3. The molecule has 3 aromatic carbocycles. The lowest BCUT2D eigenvalue weighted by Crippen LogP contribution is -2.09. The lowest BCUT2D eigenvalue weighted by atomic mass is 10.0. The minimum absolute atomic E-state index is 0.348. The Balaban J connectivity index is 1.37. The first-order valence-electron chi connectivity index (χ1n) is 13.9. The Morgan fingerprint density at radius 3 is 1.44 bits per heavy atom. The second-order valence-corrected chi connectivity index (χ2v) is 9.88. The summed E-state index contributed by atoms with van der Waals surface area (Å²) in [5.74, 6) is 1.97. The van der Waals surface area contributed by atoms with E-state index in [1.54, 1.807) is 72.8 Å². The van der Waals surface area contributed by atoms with Crippen molar-refractivity contribution in [3.8, 4) is 23.0 Å². The third-order valence-electron chi connectivity index (χ3n) is 6.18. The van der Waals surface area contributed by atoms with E-state index in [9.17, 15) is 9.59 Å². The molecule has 0 N–H and O–H groups in total. The zero-order chi connectivity index (χ0) is 27.9. The molecule has 208 valence electrons. The Bertz CT molecular complexity index is 1130. The van der Waals surface area contributed by atoms with Crippen LogP contribution in [0.3, 0.4) is 0 Å². The quantitative estimate of drug-likeness (QED) is 0.105. The molecular formula is C33H40O6. The summed E-state index contributed by atoms with van der Waals surface area (Å²) < 4.78 is 22.0. The molecule has 0 radical (unpaired) electrons. The minimum Gasteiger partial charge on any atom is -0.494 e. The highest BCUT2D eigenvalue weighted by Gasteiger charge is 2.11. The van der Waals surface area contributed by atoms with Gasteiger partial charge < -0.3 is 18.9 Å². The van der Waals surface area contributed by atoms with E-state index < -0.39 is 11.9 Å². The van der Waals surface area contributed by atoms with Crippen LogP contribution in [0.1, 0.15) is 86.4 Å². The first-order valence-corrected chi connectivity index (χ1v) is 13.9. The highest BCUT2D eigenvalue weighted by atomic mass is 16.5. The van der Waals surface area contributed by atoms with Gasteiger partial charge in [0.25, 0.3) is 0 Å². The van der Waals surface area contributed by atoms with Crippen LogP contribution in [0.15, 0.2) is 72.8 Å². The second kappa shape index (κ2) is 16.2. The average Bonchev–Trinajstić information content (AvgIpc) is 2.94.